The lowest BCUT2D eigenvalue weighted by molar-refractivity contribution is 0.343. The Bertz CT molecular complexity index is 389. The Balaban J connectivity index is 1.84. The van der Waals surface area contributed by atoms with Crippen LogP contribution in [0, 0.1) is 11.8 Å². The summed E-state index contributed by atoms with van der Waals surface area (Å²) in [5.41, 5.74) is 3.28. The zero-order chi connectivity index (χ0) is 10.2. The molecule has 0 aromatic heterocycles. The van der Waals surface area contributed by atoms with E-state index in [1.165, 1.54) is 6.42 Å². The SMILES string of the molecule is Br[C@@H]1[C@H](Br)[C@@H]2C[C@H]1[C@@H]1c3ccccc3[C@H]21. The third kappa shape index (κ3) is 0.945. The lowest BCUT2D eigenvalue weighted by Gasteiger charge is -2.46. The first kappa shape index (κ1) is 9.23. The number of rotatable bonds is 0. The van der Waals surface area contributed by atoms with Gasteiger partial charge in [0.2, 0.25) is 0 Å². The number of benzene rings is 1. The molecule has 0 amide bonds. The Morgan fingerprint density at radius 3 is 1.80 bits per heavy atom. The molecular weight excluding hydrogens is 316 g/mol. The van der Waals surface area contributed by atoms with E-state index in [-0.39, 0.29) is 0 Å². The summed E-state index contributed by atoms with van der Waals surface area (Å²) < 4.78 is 0. The van der Waals surface area contributed by atoms with Crippen LogP contribution in [0.3, 0.4) is 0 Å². The van der Waals surface area contributed by atoms with Crippen molar-refractivity contribution >= 4 is 31.9 Å². The molecule has 0 radical (unpaired) electrons. The molecule has 2 bridgehead atoms. The molecule has 4 rings (SSSR count). The van der Waals surface area contributed by atoms with E-state index in [0.717, 1.165) is 23.7 Å². The first-order valence-corrected chi connectivity index (χ1v) is 7.49. The van der Waals surface area contributed by atoms with Gasteiger partial charge >= 0.3 is 0 Å². The van der Waals surface area contributed by atoms with Crippen molar-refractivity contribution in [2.45, 2.75) is 27.9 Å². The number of halogens is 2. The summed E-state index contributed by atoms with van der Waals surface area (Å²) >= 11 is 7.73. The van der Waals surface area contributed by atoms with Gasteiger partial charge in [-0.05, 0) is 41.2 Å². The molecule has 0 N–H and O–H groups in total. The lowest BCUT2D eigenvalue weighted by Crippen LogP contribution is -2.39. The van der Waals surface area contributed by atoms with Gasteiger partial charge in [-0.15, -0.1) is 0 Å². The van der Waals surface area contributed by atoms with E-state index in [4.69, 9.17) is 0 Å². The molecule has 2 saturated carbocycles. The number of hydrogen-bond donors (Lipinski definition) is 0. The van der Waals surface area contributed by atoms with Gasteiger partial charge in [0.15, 0.2) is 0 Å². The summed E-state index contributed by atoms with van der Waals surface area (Å²) in [7, 11) is 0. The molecule has 0 aliphatic heterocycles. The van der Waals surface area contributed by atoms with Crippen LogP contribution in [0.1, 0.15) is 29.4 Å². The van der Waals surface area contributed by atoms with Gasteiger partial charge < -0.3 is 0 Å². The minimum atomic E-state index is 0.692. The maximum Gasteiger partial charge on any atom is 0.0308 e. The Labute approximate surface area is 107 Å². The van der Waals surface area contributed by atoms with Gasteiger partial charge in [-0.2, -0.15) is 0 Å². The van der Waals surface area contributed by atoms with Gasteiger partial charge in [0, 0.05) is 9.65 Å². The van der Waals surface area contributed by atoms with Gasteiger partial charge in [0.1, 0.15) is 0 Å². The topological polar surface area (TPSA) is 0 Å². The van der Waals surface area contributed by atoms with Gasteiger partial charge in [-0.25, -0.2) is 0 Å². The Hall–Kier alpha value is 0.180. The van der Waals surface area contributed by atoms with Crippen molar-refractivity contribution < 1.29 is 0 Å². The van der Waals surface area contributed by atoms with E-state index in [2.05, 4.69) is 56.1 Å². The summed E-state index contributed by atoms with van der Waals surface area (Å²) in [6, 6.07) is 9.05. The predicted octanol–water partition coefficient (Wildman–Crippen LogP) is 4.04. The average Bonchev–Trinajstić information content (AvgIpc) is 2.70. The third-order valence-corrected chi connectivity index (χ3v) is 7.90. The Morgan fingerprint density at radius 2 is 1.33 bits per heavy atom. The summed E-state index contributed by atoms with van der Waals surface area (Å²) in [5.74, 6) is 3.48. The summed E-state index contributed by atoms with van der Waals surface area (Å²) in [6.45, 7) is 0. The van der Waals surface area contributed by atoms with Crippen LogP contribution in [0.15, 0.2) is 24.3 Å². The highest BCUT2D eigenvalue weighted by Gasteiger charge is 2.61. The van der Waals surface area contributed by atoms with Gasteiger partial charge in [0.25, 0.3) is 0 Å². The van der Waals surface area contributed by atoms with Crippen LogP contribution < -0.4 is 0 Å². The molecule has 0 spiro atoms. The average molecular weight is 328 g/mol. The van der Waals surface area contributed by atoms with Gasteiger partial charge in [-0.1, -0.05) is 56.1 Å². The van der Waals surface area contributed by atoms with Crippen molar-refractivity contribution in [2.24, 2.45) is 11.8 Å². The highest BCUT2D eigenvalue weighted by molar-refractivity contribution is 9.12. The van der Waals surface area contributed by atoms with Crippen LogP contribution in [0.2, 0.25) is 0 Å². The standard InChI is InChI=1S/C13H12Br2/c14-12-8-5-9(13(12)15)11-7-4-2-1-3-6(7)10(8)11/h1-4,8-13H,5H2/t8-,9+,10-,11+,12-,13+. The fourth-order valence-corrected chi connectivity index (χ4v) is 6.01. The summed E-state index contributed by atoms with van der Waals surface area (Å²) in [5, 5.41) is 0. The molecular formula is C13H12Br2. The van der Waals surface area contributed by atoms with E-state index < -0.39 is 0 Å². The zero-order valence-electron chi connectivity index (χ0n) is 8.24. The van der Waals surface area contributed by atoms with Crippen LogP contribution in [0.25, 0.3) is 0 Å². The first-order valence-electron chi connectivity index (χ1n) is 5.66. The van der Waals surface area contributed by atoms with E-state index in [1.807, 2.05) is 0 Å². The minimum Gasteiger partial charge on any atom is -0.0875 e. The molecule has 6 atom stereocenters. The molecule has 78 valence electrons. The number of hydrogen-bond acceptors (Lipinski definition) is 0. The van der Waals surface area contributed by atoms with E-state index >= 15 is 0 Å². The molecule has 2 heteroatoms. The normalized spacial score (nSPS) is 49.7. The van der Waals surface area contributed by atoms with Crippen LogP contribution in [0.5, 0.6) is 0 Å². The van der Waals surface area contributed by atoms with E-state index in [1.54, 1.807) is 11.1 Å². The maximum atomic E-state index is 3.87. The molecule has 0 saturated heterocycles. The molecule has 2 fully saturated rings. The van der Waals surface area contributed by atoms with Crippen molar-refractivity contribution in [2.75, 3.05) is 0 Å². The molecule has 1 aromatic carbocycles. The van der Waals surface area contributed by atoms with Crippen molar-refractivity contribution in [1.29, 1.82) is 0 Å². The second kappa shape index (κ2) is 2.89. The molecule has 1 aromatic rings. The van der Waals surface area contributed by atoms with Crippen molar-refractivity contribution in [3.8, 4) is 0 Å². The Morgan fingerprint density at radius 1 is 0.867 bits per heavy atom. The lowest BCUT2D eigenvalue weighted by atomic mass is 9.61. The van der Waals surface area contributed by atoms with Crippen LogP contribution in [-0.4, -0.2) is 9.65 Å². The zero-order valence-corrected chi connectivity index (χ0v) is 11.4. The molecule has 0 nitrogen and oxygen atoms in total. The number of alkyl halides is 2. The molecule has 3 aliphatic rings. The third-order valence-electron chi connectivity index (χ3n) is 4.69. The van der Waals surface area contributed by atoms with Crippen LogP contribution in [0.4, 0.5) is 0 Å². The van der Waals surface area contributed by atoms with Crippen molar-refractivity contribution in [3.05, 3.63) is 35.4 Å². The molecule has 0 unspecified atom stereocenters. The second-order valence-electron chi connectivity index (χ2n) is 5.13. The van der Waals surface area contributed by atoms with E-state index in [0.29, 0.717) is 9.65 Å². The molecule has 0 heterocycles. The Kier molecular flexibility index (Phi) is 1.78. The van der Waals surface area contributed by atoms with Crippen molar-refractivity contribution in [3.63, 3.8) is 0 Å². The largest absolute Gasteiger partial charge is 0.0875 e. The van der Waals surface area contributed by atoms with Gasteiger partial charge in [0.05, 0.1) is 0 Å². The van der Waals surface area contributed by atoms with Gasteiger partial charge in [-0.3, -0.25) is 0 Å². The monoisotopic (exact) mass is 326 g/mol. The second-order valence-corrected chi connectivity index (χ2v) is 7.25. The molecule has 3 aliphatic carbocycles. The summed E-state index contributed by atoms with van der Waals surface area (Å²) in [4.78, 5) is 1.38. The smallest absolute Gasteiger partial charge is 0.0308 e. The summed E-state index contributed by atoms with van der Waals surface area (Å²) in [6.07, 6.45) is 1.41. The molecule has 15 heavy (non-hydrogen) atoms. The highest BCUT2D eigenvalue weighted by atomic mass is 79.9. The maximum absolute atomic E-state index is 3.87. The quantitative estimate of drug-likeness (QED) is 0.631. The van der Waals surface area contributed by atoms with Crippen LogP contribution in [-0.2, 0) is 0 Å². The fourth-order valence-electron chi connectivity index (χ4n) is 4.14. The first-order chi connectivity index (χ1) is 7.29. The van der Waals surface area contributed by atoms with E-state index in [9.17, 15) is 0 Å². The fraction of sp³-hybridized carbons (Fsp3) is 0.538. The predicted molar refractivity (Wildman–Crippen MR) is 69.0 cm³/mol. The van der Waals surface area contributed by atoms with Crippen LogP contribution >= 0.6 is 31.9 Å². The number of fused-ring (bicyclic) bond motifs is 8. The minimum absolute atomic E-state index is 0.692. The van der Waals surface area contributed by atoms with Crippen molar-refractivity contribution in [1.82, 2.24) is 0 Å². The highest BCUT2D eigenvalue weighted by Crippen LogP contribution is 2.69.